The van der Waals surface area contributed by atoms with Gasteiger partial charge in [-0.3, -0.25) is 4.68 Å². The van der Waals surface area contributed by atoms with E-state index in [0.29, 0.717) is 11.6 Å². The summed E-state index contributed by atoms with van der Waals surface area (Å²) in [4.78, 5) is 10.9. The Hall–Kier alpha value is -1.32. The Balaban J connectivity index is 2.39. The van der Waals surface area contributed by atoms with E-state index >= 15 is 0 Å². The third-order valence-corrected chi connectivity index (χ3v) is 2.46. The molecule has 0 saturated heterocycles. The van der Waals surface area contributed by atoms with Gasteiger partial charge in [0.1, 0.15) is 5.69 Å². The molecule has 14 heavy (non-hydrogen) atoms. The van der Waals surface area contributed by atoms with Crippen molar-refractivity contribution >= 4 is 5.97 Å². The summed E-state index contributed by atoms with van der Waals surface area (Å²) in [5.41, 5.74) is 1.25. The second-order valence-corrected chi connectivity index (χ2v) is 4.07. The molecular formula is C10H14N2O2. The van der Waals surface area contributed by atoms with Crippen molar-refractivity contribution in [3.05, 3.63) is 17.5 Å². The summed E-state index contributed by atoms with van der Waals surface area (Å²) in [5, 5.41) is 13.3. The maximum Gasteiger partial charge on any atom is 0.354 e. The molecule has 0 radical (unpaired) electrons. The second kappa shape index (κ2) is 3.12. The van der Waals surface area contributed by atoms with Crippen LogP contribution >= 0.6 is 0 Å². The maximum absolute atomic E-state index is 10.9. The molecule has 0 spiro atoms. The minimum Gasteiger partial charge on any atom is -0.477 e. The zero-order valence-electron chi connectivity index (χ0n) is 8.40. The van der Waals surface area contributed by atoms with E-state index in [2.05, 4.69) is 5.10 Å². The number of hydrogen-bond donors (Lipinski definition) is 1. The molecule has 1 saturated carbocycles. The predicted octanol–water partition coefficient (Wildman–Crippen LogP) is 2.04. The normalized spacial score (nSPS) is 16.2. The van der Waals surface area contributed by atoms with Crippen LogP contribution in [0.3, 0.4) is 0 Å². The third-order valence-electron chi connectivity index (χ3n) is 2.46. The first kappa shape index (κ1) is 9.24. The molecule has 0 aromatic carbocycles. The van der Waals surface area contributed by atoms with Crippen LogP contribution in [0, 0.1) is 0 Å². The van der Waals surface area contributed by atoms with Gasteiger partial charge >= 0.3 is 5.97 Å². The number of carbonyl (C=O) groups is 1. The van der Waals surface area contributed by atoms with Gasteiger partial charge < -0.3 is 5.11 Å². The van der Waals surface area contributed by atoms with Crippen LogP contribution in [0.1, 0.15) is 54.8 Å². The molecule has 0 amide bonds. The monoisotopic (exact) mass is 194 g/mol. The number of hydrogen-bond acceptors (Lipinski definition) is 2. The van der Waals surface area contributed by atoms with Gasteiger partial charge in [-0.25, -0.2) is 4.79 Å². The molecule has 1 aromatic rings. The minimum absolute atomic E-state index is 0.105. The molecule has 0 bridgehead atoms. The van der Waals surface area contributed by atoms with Crippen molar-refractivity contribution in [1.29, 1.82) is 0 Å². The fourth-order valence-electron chi connectivity index (χ4n) is 1.55. The van der Waals surface area contributed by atoms with E-state index in [4.69, 9.17) is 5.11 Å². The first-order valence-corrected chi connectivity index (χ1v) is 4.92. The Kier molecular flexibility index (Phi) is 2.06. The van der Waals surface area contributed by atoms with Gasteiger partial charge in [0.2, 0.25) is 0 Å². The fraction of sp³-hybridized carbons (Fsp3) is 0.600. The van der Waals surface area contributed by atoms with Gasteiger partial charge in [-0.1, -0.05) is 0 Å². The minimum atomic E-state index is -0.891. The number of nitrogens with zero attached hydrogens (tertiary/aromatic N) is 2. The van der Waals surface area contributed by atoms with E-state index in [0.717, 1.165) is 18.5 Å². The van der Waals surface area contributed by atoms with Crippen LogP contribution in [0.25, 0.3) is 0 Å². The van der Waals surface area contributed by atoms with Crippen molar-refractivity contribution in [3.63, 3.8) is 0 Å². The van der Waals surface area contributed by atoms with Crippen LogP contribution in [0.15, 0.2) is 6.07 Å². The summed E-state index contributed by atoms with van der Waals surface area (Å²) in [7, 11) is 0. The summed E-state index contributed by atoms with van der Waals surface area (Å²) < 4.78 is 1.59. The molecule has 0 unspecified atom stereocenters. The number of rotatable bonds is 3. The van der Waals surface area contributed by atoms with Gasteiger partial charge in [-0.05, 0) is 32.8 Å². The van der Waals surface area contributed by atoms with Crippen molar-refractivity contribution in [2.75, 3.05) is 0 Å². The lowest BCUT2D eigenvalue weighted by Gasteiger charge is -2.07. The second-order valence-electron chi connectivity index (χ2n) is 4.07. The molecule has 1 aliphatic rings. The topological polar surface area (TPSA) is 55.1 Å². The van der Waals surface area contributed by atoms with E-state index in [-0.39, 0.29) is 6.04 Å². The quantitative estimate of drug-likeness (QED) is 0.801. The molecular weight excluding hydrogens is 180 g/mol. The number of aromatic carboxylic acids is 1. The SMILES string of the molecule is CC(C)n1nc(C2CC2)cc1C(=O)O. The summed E-state index contributed by atoms with van der Waals surface area (Å²) in [6.45, 7) is 3.88. The molecule has 76 valence electrons. The van der Waals surface area contributed by atoms with Crippen LogP contribution in [-0.4, -0.2) is 20.9 Å². The molecule has 4 heteroatoms. The van der Waals surface area contributed by atoms with E-state index in [9.17, 15) is 4.79 Å². The number of carboxylic acids is 1. The van der Waals surface area contributed by atoms with Crippen LogP contribution in [-0.2, 0) is 0 Å². The first-order valence-electron chi connectivity index (χ1n) is 4.92. The Morgan fingerprint density at radius 2 is 2.29 bits per heavy atom. The Bertz CT molecular complexity index is 364. The van der Waals surface area contributed by atoms with Crippen molar-refractivity contribution in [2.45, 2.75) is 38.6 Å². The zero-order chi connectivity index (χ0) is 10.3. The average Bonchev–Trinajstić information content (AvgIpc) is 2.83. The lowest BCUT2D eigenvalue weighted by molar-refractivity contribution is 0.0681. The molecule has 0 atom stereocenters. The van der Waals surface area contributed by atoms with Gasteiger partial charge in [0.05, 0.1) is 5.69 Å². The largest absolute Gasteiger partial charge is 0.477 e. The first-order chi connectivity index (χ1) is 6.59. The molecule has 1 fully saturated rings. The van der Waals surface area contributed by atoms with E-state index in [1.807, 2.05) is 13.8 Å². The molecule has 2 rings (SSSR count). The van der Waals surface area contributed by atoms with Gasteiger partial charge in [0.25, 0.3) is 0 Å². The predicted molar refractivity (Wildman–Crippen MR) is 51.5 cm³/mol. The Labute approximate surface area is 82.5 Å². The van der Waals surface area contributed by atoms with Crippen molar-refractivity contribution in [2.24, 2.45) is 0 Å². The highest BCUT2D eigenvalue weighted by Gasteiger charge is 2.28. The van der Waals surface area contributed by atoms with E-state index in [1.54, 1.807) is 10.7 Å². The smallest absolute Gasteiger partial charge is 0.354 e. The standard InChI is InChI=1S/C10H14N2O2/c1-6(2)12-9(10(13)14)5-8(11-12)7-3-4-7/h5-7H,3-4H2,1-2H3,(H,13,14). The van der Waals surface area contributed by atoms with Crippen molar-refractivity contribution < 1.29 is 9.90 Å². The third kappa shape index (κ3) is 1.52. The van der Waals surface area contributed by atoms with Crippen molar-refractivity contribution in [3.8, 4) is 0 Å². The molecule has 1 N–H and O–H groups in total. The molecule has 0 aliphatic heterocycles. The van der Waals surface area contributed by atoms with Crippen molar-refractivity contribution in [1.82, 2.24) is 9.78 Å². The van der Waals surface area contributed by atoms with Crippen LogP contribution < -0.4 is 0 Å². The van der Waals surface area contributed by atoms with Crippen LogP contribution in [0.4, 0.5) is 0 Å². The highest BCUT2D eigenvalue weighted by molar-refractivity contribution is 5.85. The summed E-state index contributed by atoms with van der Waals surface area (Å²) >= 11 is 0. The highest BCUT2D eigenvalue weighted by Crippen LogP contribution is 2.39. The molecule has 1 heterocycles. The van der Waals surface area contributed by atoms with Crippen LogP contribution in [0.2, 0.25) is 0 Å². The van der Waals surface area contributed by atoms with E-state index < -0.39 is 5.97 Å². The Morgan fingerprint density at radius 1 is 1.64 bits per heavy atom. The summed E-state index contributed by atoms with van der Waals surface area (Å²) in [6, 6.07) is 1.81. The van der Waals surface area contributed by atoms with Gasteiger partial charge in [-0.15, -0.1) is 0 Å². The van der Waals surface area contributed by atoms with Gasteiger partial charge in [0, 0.05) is 12.0 Å². The summed E-state index contributed by atoms with van der Waals surface area (Å²) in [5.74, 6) is -0.383. The zero-order valence-corrected chi connectivity index (χ0v) is 8.40. The van der Waals surface area contributed by atoms with E-state index in [1.165, 1.54) is 0 Å². The lowest BCUT2D eigenvalue weighted by Crippen LogP contribution is -2.11. The highest BCUT2D eigenvalue weighted by atomic mass is 16.4. The maximum atomic E-state index is 10.9. The van der Waals surface area contributed by atoms with Crippen LogP contribution in [0.5, 0.6) is 0 Å². The van der Waals surface area contributed by atoms with Gasteiger partial charge in [0.15, 0.2) is 0 Å². The summed E-state index contributed by atoms with van der Waals surface area (Å²) in [6.07, 6.45) is 2.29. The van der Waals surface area contributed by atoms with Gasteiger partial charge in [-0.2, -0.15) is 5.10 Å². The fourth-order valence-corrected chi connectivity index (χ4v) is 1.55. The average molecular weight is 194 g/mol. The Morgan fingerprint density at radius 3 is 2.64 bits per heavy atom. The lowest BCUT2D eigenvalue weighted by atomic mass is 10.2. The molecule has 1 aliphatic carbocycles. The number of aromatic nitrogens is 2. The molecule has 1 aromatic heterocycles. The number of carboxylic acid groups (broad SMARTS) is 1. The molecule has 4 nitrogen and oxygen atoms in total.